The number of hydrogen-bond donors (Lipinski definition) is 1. The molecule has 0 radical (unpaired) electrons. The Morgan fingerprint density at radius 3 is 2.75 bits per heavy atom. The van der Waals surface area contributed by atoms with Crippen LogP contribution in [0.2, 0.25) is 0 Å². The van der Waals surface area contributed by atoms with Crippen molar-refractivity contribution in [3.8, 4) is 11.3 Å². The second-order valence-corrected chi connectivity index (χ2v) is 4.55. The highest BCUT2D eigenvalue weighted by atomic mass is 19.1. The van der Waals surface area contributed by atoms with E-state index < -0.39 is 0 Å². The Bertz CT molecular complexity index is 564. The monoisotopic (exact) mass is 276 g/mol. The molecule has 0 fully saturated rings. The summed E-state index contributed by atoms with van der Waals surface area (Å²) >= 11 is 0. The molecule has 0 aliphatic carbocycles. The van der Waals surface area contributed by atoms with Crippen molar-refractivity contribution in [1.29, 1.82) is 0 Å². The smallest absolute Gasteiger partial charge is 0.273 e. The molecule has 4 nitrogen and oxygen atoms in total. The molecule has 0 saturated carbocycles. The number of unbranched alkanes of at least 4 members (excludes halogenated alkanes) is 2. The highest BCUT2D eigenvalue weighted by Crippen LogP contribution is 2.20. The van der Waals surface area contributed by atoms with Crippen LogP contribution in [-0.2, 0) is 0 Å². The summed E-state index contributed by atoms with van der Waals surface area (Å²) in [4.78, 5) is 11.8. The number of nitrogens with zero attached hydrogens (tertiary/aromatic N) is 1. The van der Waals surface area contributed by atoms with E-state index in [9.17, 15) is 9.18 Å². The van der Waals surface area contributed by atoms with E-state index in [1.165, 1.54) is 12.1 Å². The van der Waals surface area contributed by atoms with Gasteiger partial charge in [-0.3, -0.25) is 4.79 Å². The van der Waals surface area contributed by atoms with Gasteiger partial charge in [-0.15, -0.1) is 0 Å². The predicted molar refractivity (Wildman–Crippen MR) is 73.8 cm³/mol. The van der Waals surface area contributed by atoms with Gasteiger partial charge in [0.2, 0.25) is 0 Å². The summed E-state index contributed by atoms with van der Waals surface area (Å²) in [6.07, 6.45) is 3.14. The summed E-state index contributed by atoms with van der Waals surface area (Å²) in [6, 6.07) is 7.39. The third kappa shape index (κ3) is 3.66. The van der Waals surface area contributed by atoms with Crippen molar-refractivity contribution < 1.29 is 13.7 Å². The molecule has 0 saturated heterocycles. The first kappa shape index (κ1) is 14.2. The number of carbonyl (C=O) groups excluding carboxylic acids is 1. The van der Waals surface area contributed by atoms with Gasteiger partial charge in [-0.05, 0) is 30.7 Å². The first-order chi connectivity index (χ1) is 9.70. The zero-order valence-corrected chi connectivity index (χ0v) is 11.4. The first-order valence-corrected chi connectivity index (χ1v) is 6.71. The fourth-order valence-corrected chi connectivity index (χ4v) is 1.80. The summed E-state index contributed by atoms with van der Waals surface area (Å²) in [5.41, 5.74) is 0.921. The van der Waals surface area contributed by atoms with Crippen LogP contribution in [-0.4, -0.2) is 17.6 Å². The molecule has 2 aromatic rings. The van der Waals surface area contributed by atoms with E-state index in [0.717, 1.165) is 19.3 Å². The van der Waals surface area contributed by atoms with Gasteiger partial charge in [-0.1, -0.05) is 24.9 Å². The van der Waals surface area contributed by atoms with Crippen molar-refractivity contribution >= 4 is 5.91 Å². The van der Waals surface area contributed by atoms with Gasteiger partial charge in [-0.25, -0.2) is 4.39 Å². The zero-order valence-electron chi connectivity index (χ0n) is 11.4. The molecule has 1 amide bonds. The van der Waals surface area contributed by atoms with Crippen molar-refractivity contribution in [2.45, 2.75) is 26.2 Å². The Labute approximate surface area is 117 Å². The minimum absolute atomic E-state index is 0.237. The van der Waals surface area contributed by atoms with Crippen LogP contribution in [0.3, 0.4) is 0 Å². The van der Waals surface area contributed by atoms with Crippen LogP contribution in [0, 0.1) is 5.82 Å². The maximum Gasteiger partial charge on any atom is 0.273 e. The number of benzene rings is 1. The van der Waals surface area contributed by atoms with Gasteiger partial charge in [-0.2, -0.15) is 0 Å². The third-order valence-electron chi connectivity index (χ3n) is 2.94. The Balaban J connectivity index is 1.98. The molecule has 0 aliphatic rings. The van der Waals surface area contributed by atoms with Gasteiger partial charge in [0.25, 0.3) is 5.91 Å². The second-order valence-electron chi connectivity index (χ2n) is 4.55. The number of halogens is 1. The lowest BCUT2D eigenvalue weighted by Crippen LogP contribution is -2.24. The Morgan fingerprint density at radius 2 is 2.05 bits per heavy atom. The Kier molecular flexibility index (Phi) is 4.87. The van der Waals surface area contributed by atoms with E-state index in [4.69, 9.17) is 4.52 Å². The largest absolute Gasteiger partial charge is 0.355 e. The molecule has 1 N–H and O–H groups in total. The molecule has 20 heavy (non-hydrogen) atoms. The standard InChI is InChI=1S/C15H17FN2O2/c1-2-3-4-9-17-15(19)13-10-14(20-18-13)11-5-7-12(16)8-6-11/h5-8,10H,2-4,9H2,1H3,(H,17,19). The molecule has 1 aromatic carbocycles. The molecule has 106 valence electrons. The second kappa shape index (κ2) is 6.84. The summed E-state index contributed by atoms with van der Waals surface area (Å²) < 4.78 is 17.9. The molecular weight excluding hydrogens is 259 g/mol. The van der Waals surface area contributed by atoms with Gasteiger partial charge in [0.05, 0.1) is 0 Å². The van der Waals surface area contributed by atoms with Gasteiger partial charge < -0.3 is 9.84 Å². The van der Waals surface area contributed by atoms with E-state index in [2.05, 4.69) is 17.4 Å². The SMILES string of the molecule is CCCCCNC(=O)c1cc(-c2ccc(F)cc2)on1. The number of carbonyl (C=O) groups is 1. The average Bonchev–Trinajstić information content (AvgIpc) is 2.94. The van der Waals surface area contributed by atoms with Crippen LogP contribution >= 0.6 is 0 Å². The fourth-order valence-electron chi connectivity index (χ4n) is 1.80. The third-order valence-corrected chi connectivity index (χ3v) is 2.94. The number of hydrogen-bond acceptors (Lipinski definition) is 3. The van der Waals surface area contributed by atoms with E-state index in [1.54, 1.807) is 18.2 Å². The quantitative estimate of drug-likeness (QED) is 0.823. The van der Waals surface area contributed by atoms with E-state index in [0.29, 0.717) is 17.9 Å². The van der Waals surface area contributed by atoms with Gasteiger partial charge in [0.1, 0.15) is 5.82 Å². The lowest BCUT2D eigenvalue weighted by atomic mass is 10.1. The number of amides is 1. The van der Waals surface area contributed by atoms with Crippen molar-refractivity contribution in [3.05, 3.63) is 41.8 Å². The number of rotatable bonds is 6. The van der Waals surface area contributed by atoms with Gasteiger partial charge in [0.15, 0.2) is 11.5 Å². The number of aromatic nitrogens is 1. The normalized spacial score (nSPS) is 10.5. The molecular formula is C15H17FN2O2. The van der Waals surface area contributed by atoms with E-state index >= 15 is 0 Å². The summed E-state index contributed by atoms with van der Waals surface area (Å²) in [5.74, 6) is -0.121. The maximum atomic E-state index is 12.8. The lowest BCUT2D eigenvalue weighted by Gasteiger charge is -2.00. The number of nitrogens with one attached hydrogen (secondary N) is 1. The zero-order chi connectivity index (χ0) is 14.4. The fraction of sp³-hybridized carbons (Fsp3) is 0.333. The molecule has 1 heterocycles. The van der Waals surface area contributed by atoms with Crippen molar-refractivity contribution in [1.82, 2.24) is 10.5 Å². The van der Waals surface area contributed by atoms with Gasteiger partial charge >= 0.3 is 0 Å². The van der Waals surface area contributed by atoms with Crippen LogP contribution in [0.4, 0.5) is 4.39 Å². The lowest BCUT2D eigenvalue weighted by molar-refractivity contribution is 0.0944. The minimum Gasteiger partial charge on any atom is -0.355 e. The summed E-state index contributed by atoms with van der Waals surface area (Å²) in [7, 11) is 0. The topological polar surface area (TPSA) is 55.1 Å². The summed E-state index contributed by atoms with van der Waals surface area (Å²) in [6.45, 7) is 2.74. The molecule has 0 atom stereocenters. The molecule has 0 spiro atoms. The molecule has 0 bridgehead atoms. The highest BCUT2D eigenvalue weighted by Gasteiger charge is 2.13. The molecule has 0 aliphatic heterocycles. The van der Waals surface area contributed by atoms with Crippen LogP contribution in [0.15, 0.2) is 34.9 Å². The molecule has 5 heteroatoms. The van der Waals surface area contributed by atoms with Crippen LogP contribution in [0.1, 0.15) is 36.7 Å². The van der Waals surface area contributed by atoms with E-state index in [1.807, 2.05) is 0 Å². The Hall–Kier alpha value is -2.17. The van der Waals surface area contributed by atoms with E-state index in [-0.39, 0.29) is 17.4 Å². The maximum absolute atomic E-state index is 12.8. The van der Waals surface area contributed by atoms with Crippen molar-refractivity contribution in [2.24, 2.45) is 0 Å². The van der Waals surface area contributed by atoms with Crippen molar-refractivity contribution in [3.63, 3.8) is 0 Å². The molecule has 2 rings (SSSR count). The highest BCUT2D eigenvalue weighted by molar-refractivity contribution is 5.93. The molecule has 0 unspecified atom stereocenters. The minimum atomic E-state index is -0.317. The van der Waals surface area contributed by atoms with Crippen LogP contribution < -0.4 is 5.32 Å². The molecule has 1 aromatic heterocycles. The predicted octanol–water partition coefficient (Wildman–Crippen LogP) is 3.40. The summed E-state index contributed by atoms with van der Waals surface area (Å²) in [5, 5.41) is 6.52. The van der Waals surface area contributed by atoms with Crippen LogP contribution in [0.5, 0.6) is 0 Å². The van der Waals surface area contributed by atoms with Crippen molar-refractivity contribution in [2.75, 3.05) is 6.54 Å². The first-order valence-electron chi connectivity index (χ1n) is 6.71. The Morgan fingerprint density at radius 1 is 1.30 bits per heavy atom. The van der Waals surface area contributed by atoms with Gasteiger partial charge in [0, 0.05) is 18.2 Å². The average molecular weight is 276 g/mol. The van der Waals surface area contributed by atoms with Crippen LogP contribution in [0.25, 0.3) is 11.3 Å².